The summed E-state index contributed by atoms with van der Waals surface area (Å²) in [4.78, 5) is 46.9. The van der Waals surface area contributed by atoms with Crippen LogP contribution in [0, 0.1) is 0 Å². The minimum atomic E-state index is -0.849. The van der Waals surface area contributed by atoms with E-state index in [9.17, 15) is 19.2 Å². The van der Waals surface area contributed by atoms with Gasteiger partial charge in [0.25, 0.3) is 11.8 Å². The van der Waals surface area contributed by atoms with Gasteiger partial charge in [-0.1, -0.05) is 6.07 Å². The largest absolute Gasteiger partial charge is 0.386 e. The van der Waals surface area contributed by atoms with Crippen molar-refractivity contribution in [2.45, 2.75) is 0 Å². The third-order valence-corrected chi connectivity index (χ3v) is 2.70. The van der Waals surface area contributed by atoms with E-state index in [1.54, 1.807) is 0 Å². The molecule has 0 saturated heterocycles. The van der Waals surface area contributed by atoms with Crippen molar-refractivity contribution in [2.75, 3.05) is 4.90 Å². The number of hydrogen-bond acceptors (Lipinski definition) is 5. The van der Waals surface area contributed by atoms with Crippen molar-refractivity contribution in [3.05, 3.63) is 41.5 Å². The Kier molecular flexibility index (Phi) is 1.94. The van der Waals surface area contributed by atoms with Gasteiger partial charge < -0.3 is 4.74 Å². The van der Waals surface area contributed by atoms with Gasteiger partial charge in [0.1, 0.15) is 0 Å². The average Bonchev–Trinajstić information content (AvgIpc) is 2.81. The SMILES string of the molecule is O=C1OC(=O)c2c1cccc2N1C(=O)C=CC1=O. The molecule has 3 rings (SSSR count). The van der Waals surface area contributed by atoms with Gasteiger partial charge in [-0.3, -0.25) is 9.59 Å². The molecular formula is C12H5NO5. The number of fused-ring (bicyclic) bond motifs is 1. The van der Waals surface area contributed by atoms with E-state index < -0.39 is 23.8 Å². The molecule has 0 unspecified atom stereocenters. The summed E-state index contributed by atoms with van der Waals surface area (Å²) >= 11 is 0. The van der Waals surface area contributed by atoms with Crippen LogP contribution in [0.4, 0.5) is 5.69 Å². The van der Waals surface area contributed by atoms with Gasteiger partial charge in [-0.2, -0.15) is 0 Å². The van der Waals surface area contributed by atoms with Crippen molar-refractivity contribution in [1.82, 2.24) is 0 Å². The molecule has 88 valence electrons. The van der Waals surface area contributed by atoms with Gasteiger partial charge in [0.15, 0.2) is 0 Å². The fourth-order valence-electron chi connectivity index (χ4n) is 1.94. The van der Waals surface area contributed by atoms with Crippen LogP contribution in [-0.4, -0.2) is 23.8 Å². The molecule has 0 bridgehead atoms. The number of carbonyl (C=O) groups excluding carboxylic acids is 4. The third kappa shape index (κ3) is 1.22. The second kappa shape index (κ2) is 3.36. The second-order valence-corrected chi connectivity index (χ2v) is 3.72. The van der Waals surface area contributed by atoms with Crippen LogP contribution in [0.3, 0.4) is 0 Å². The zero-order valence-corrected chi connectivity index (χ0v) is 8.88. The van der Waals surface area contributed by atoms with Crippen molar-refractivity contribution in [3.63, 3.8) is 0 Å². The van der Waals surface area contributed by atoms with Gasteiger partial charge in [-0.15, -0.1) is 0 Å². The summed E-state index contributed by atoms with van der Waals surface area (Å²) in [5.74, 6) is -2.73. The minimum Gasteiger partial charge on any atom is -0.386 e. The highest BCUT2D eigenvalue weighted by molar-refractivity contribution is 6.31. The predicted molar refractivity (Wildman–Crippen MR) is 57.8 cm³/mol. The molecule has 0 fully saturated rings. The summed E-state index contributed by atoms with van der Waals surface area (Å²) in [6.45, 7) is 0. The number of ether oxygens (including phenoxy) is 1. The Morgan fingerprint density at radius 1 is 0.889 bits per heavy atom. The lowest BCUT2D eigenvalue weighted by atomic mass is 10.1. The molecule has 18 heavy (non-hydrogen) atoms. The summed E-state index contributed by atoms with van der Waals surface area (Å²) < 4.78 is 4.45. The Balaban J connectivity index is 2.21. The smallest absolute Gasteiger partial charge is 0.349 e. The minimum absolute atomic E-state index is 0.0482. The molecular weight excluding hydrogens is 238 g/mol. The first-order chi connectivity index (χ1) is 8.59. The van der Waals surface area contributed by atoms with Crippen molar-refractivity contribution in [3.8, 4) is 0 Å². The fraction of sp³-hybridized carbons (Fsp3) is 0. The zero-order chi connectivity index (χ0) is 12.9. The number of amides is 2. The van der Waals surface area contributed by atoms with Crippen LogP contribution in [0.2, 0.25) is 0 Å². The summed E-state index contributed by atoms with van der Waals surface area (Å²) in [7, 11) is 0. The van der Waals surface area contributed by atoms with E-state index in [-0.39, 0.29) is 16.8 Å². The van der Waals surface area contributed by atoms with Crippen LogP contribution in [0.25, 0.3) is 0 Å². The van der Waals surface area contributed by atoms with Crippen LogP contribution < -0.4 is 4.90 Å². The van der Waals surface area contributed by atoms with Crippen molar-refractivity contribution in [2.24, 2.45) is 0 Å². The maximum absolute atomic E-state index is 11.6. The van der Waals surface area contributed by atoms with Gasteiger partial charge in [0.05, 0.1) is 16.8 Å². The lowest BCUT2D eigenvalue weighted by Crippen LogP contribution is -2.31. The van der Waals surface area contributed by atoms with Gasteiger partial charge in [0, 0.05) is 12.2 Å². The topological polar surface area (TPSA) is 80.8 Å². The number of rotatable bonds is 1. The Morgan fingerprint density at radius 2 is 1.56 bits per heavy atom. The van der Waals surface area contributed by atoms with E-state index in [2.05, 4.69) is 4.74 Å². The number of esters is 2. The summed E-state index contributed by atoms with van der Waals surface area (Å²) in [6, 6.07) is 4.30. The van der Waals surface area contributed by atoms with E-state index in [0.717, 1.165) is 17.1 Å². The van der Waals surface area contributed by atoms with E-state index in [1.807, 2.05) is 0 Å². The van der Waals surface area contributed by atoms with Crippen LogP contribution >= 0.6 is 0 Å². The van der Waals surface area contributed by atoms with Crippen molar-refractivity contribution >= 4 is 29.4 Å². The highest BCUT2D eigenvalue weighted by Gasteiger charge is 2.37. The quantitative estimate of drug-likeness (QED) is 0.406. The highest BCUT2D eigenvalue weighted by atomic mass is 16.6. The first-order valence-corrected chi connectivity index (χ1v) is 5.05. The predicted octanol–water partition coefficient (Wildman–Crippen LogP) is 0.427. The molecule has 6 nitrogen and oxygen atoms in total. The van der Waals surface area contributed by atoms with Gasteiger partial charge in [-0.25, -0.2) is 14.5 Å². The Morgan fingerprint density at radius 3 is 2.22 bits per heavy atom. The molecule has 2 amide bonds. The number of nitrogens with zero attached hydrogens (tertiary/aromatic N) is 1. The fourth-order valence-corrected chi connectivity index (χ4v) is 1.94. The third-order valence-electron chi connectivity index (χ3n) is 2.70. The number of hydrogen-bond donors (Lipinski definition) is 0. The van der Waals surface area contributed by atoms with E-state index in [4.69, 9.17) is 0 Å². The molecule has 0 spiro atoms. The molecule has 0 N–H and O–H groups in total. The zero-order valence-electron chi connectivity index (χ0n) is 8.88. The van der Waals surface area contributed by atoms with Gasteiger partial charge in [-0.05, 0) is 12.1 Å². The van der Waals surface area contributed by atoms with Gasteiger partial charge in [0.2, 0.25) is 0 Å². The lowest BCUT2D eigenvalue weighted by molar-refractivity contribution is -0.119. The first-order valence-electron chi connectivity index (χ1n) is 5.05. The van der Waals surface area contributed by atoms with Crippen LogP contribution in [0.1, 0.15) is 20.7 Å². The highest BCUT2D eigenvalue weighted by Crippen LogP contribution is 2.31. The van der Waals surface area contributed by atoms with E-state index >= 15 is 0 Å². The average molecular weight is 243 g/mol. The molecule has 0 aliphatic carbocycles. The first kappa shape index (κ1) is 10.4. The molecule has 2 aliphatic heterocycles. The van der Waals surface area contributed by atoms with Crippen molar-refractivity contribution < 1.29 is 23.9 Å². The van der Waals surface area contributed by atoms with E-state index in [0.29, 0.717) is 0 Å². The molecule has 0 radical (unpaired) electrons. The number of cyclic esters (lactones) is 2. The molecule has 2 heterocycles. The van der Waals surface area contributed by atoms with Crippen LogP contribution in [-0.2, 0) is 14.3 Å². The van der Waals surface area contributed by atoms with Crippen LogP contribution in [0.15, 0.2) is 30.4 Å². The molecule has 0 saturated carbocycles. The lowest BCUT2D eigenvalue weighted by Gasteiger charge is -2.15. The summed E-state index contributed by atoms with van der Waals surface area (Å²) in [5.41, 5.74) is 0.0845. The number of carbonyl (C=O) groups is 4. The molecule has 2 aliphatic rings. The molecule has 0 aromatic heterocycles. The Bertz CT molecular complexity index is 640. The molecule has 0 atom stereocenters. The summed E-state index contributed by atoms with van der Waals surface area (Å²) in [5, 5.41) is 0. The number of benzene rings is 1. The van der Waals surface area contributed by atoms with Crippen LogP contribution in [0.5, 0.6) is 0 Å². The Hall–Kier alpha value is -2.76. The molecule has 1 aromatic rings. The Labute approximate surface area is 100 Å². The maximum Gasteiger partial charge on any atom is 0.349 e. The molecule has 1 aromatic carbocycles. The maximum atomic E-state index is 11.6. The number of anilines is 1. The summed E-state index contributed by atoms with van der Waals surface area (Å²) in [6.07, 6.45) is 2.20. The monoisotopic (exact) mass is 243 g/mol. The molecule has 6 heteroatoms. The second-order valence-electron chi connectivity index (χ2n) is 3.72. The number of imide groups is 1. The normalized spacial score (nSPS) is 17.4. The van der Waals surface area contributed by atoms with Gasteiger partial charge >= 0.3 is 11.9 Å². The van der Waals surface area contributed by atoms with E-state index in [1.165, 1.54) is 18.2 Å². The standard InChI is InChI=1S/C12H5NO5/c14-8-4-5-9(15)13(8)7-3-1-2-6-10(7)12(17)18-11(6)16/h1-5H. The van der Waals surface area contributed by atoms with Crippen molar-refractivity contribution in [1.29, 1.82) is 0 Å².